The van der Waals surface area contributed by atoms with Crippen LogP contribution >= 0.6 is 0 Å². The van der Waals surface area contributed by atoms with Crippen molar-refractivity contribution in [1.29, 1.82) is 0 Å². The molecule has 29 heavy (non-hydrogen) atoms. The van der Waals surface area contributed by atoms with Gasteiger partial charge in [-0.1, -0.05) is 12.1 Å². The summed E-state index contributed by atoms with van der Waals surface area (Å²) in [4.78, 5) is 13.5. The van der Waals surface area contributed by atoms with Gasteiger partial charge in [0.15, 0.2) is 11.5 Å². The van der Waals surface area contributed by atoms with E-state index in [1.54, 1.807) is 33.5 Å². The number of likely N-dealkylation sites (tertiary alicyclic amines) is 1. The monoisotopic (exact) mass is 403 g/mol. The lowest BCUT2D eigenvalue weighted by atomic mass is 9.90. The number of nitrogens with zero attached hydrogens (tertiary/aromatic N) is 1. The standard InChI is InChI=1S/C22H26FNO5/c1-27-18-8-7-15(23)13-17(18)20(24-11-9-14(10-12-24)22(25)26)16-5-4-6-19(28-2)21(16)29-3/h4-8,13-14,20H,9-12H2,1-3H3,(H,25,26). The minimum atomic E-state index is -0.775. The fourth-order valence-electron chi connectivity index (χ4n) is 4.01. The fourth-order valence-corrected chi connectivity index (χ4v) is 4.01. The molecule has 2 aromatic rings. The number of benzene rings is 2. The highest BCUT2D eigenvalue weighted by molar-refractivity contribution is 5.70. The van der Waals surface area contributed by atoms with Gasteiger partial charge >= 0.3 is 5.97 Å². The predicted molar refractivity (Wildman–Crippen MR) is 106 cm³/mol. The van der Waals surface area contributed by atoms with E-state index in [1.165, 1.54) is 12.1 Å². The first kappa shape index (κ1) is 20.9. The van der Waals surface area contributed by atoms with Crippen LogP contribution in [0.25, 0.3) is 0 Å². The van der Waals surface area contributed by atoms with Gasteiger partial charge in [-0.25, -0.2) is 4.39 Å². The summed E-state index contributed by atoms with van der Waals surface area (Å²) in [5.41, 5.74) is 1.47. The molecule has 1 fully saturated rings. The molecule has 7 heteroatoms. The Morgan fingerprint density at radius 1 is 1.03 bits per heavy atom. The first-order chi connectivity index (χ1) is 14.0. The fraction of sp³-hybridized carbons (Fsp3) is 0.409. The molecule has 0 radical (unpaired) electrons. The molecular formula is C22H26FNO5. The number of aliphatic carboxylic acids is 1. The molecule has 0 bridgehead atoms. The third-order valence-corrected chi connectivity index (χ3v) is 5.46. The van der Waals surface area contributed by atoms with E-state index in [-0.39, 0.29) is 17.8 Å². The topological polar surface area (TPSA) is 68.2 Å². The lowest BCUT2D eigenvalue weighted by Crippen LogP contribution is -2.39. The molecule has 0 aliphatic carbocycles. The highest BCUT2D eigenvalue weighted by Gasteiger charge is 2.34. The maximum atomic E-state index is 14.2. The smallest absolute Gasteiger partial charge is 0.306 e. The van der Waals surface area contributed by atoms with Crippen molar-refractivity contribution in [3.8, 4) is 17.2 Å². The largest absolute Gasteiger partial charge is 0.496 e. The molecule has 1 N–H and O–H groups in total. The van der Waals surface area contributed by atoms with E-state index in [2.05, 4.69) is 4.90 Å². The zero-order valence-corrected chi connectivity index (χ0v) is 16.9. The Balaban J connectivity index is 2.11. The molecule has 0 aromatic heterocycles. The highest BCUT2D eigenvalue weighted by Crippen LogP contribution is 2.44. The van der Waals surface area contributed by atoms with Gasteiger partial charge in [0.1, 0.15) is 11.6 Å². The van der Waals surface area contributed by atoms with Gasteiger partial charge in [0.2, 0.25) is 0 Å². The van der Waals surface area contributed by atoms with Crippen molar-refractivity contribution in [1.82, 2.24) is 4.90 Å². The zero-order chi connectivity index (χ0) is 21.0. The van der Waals surface area contributed by atoms with Crippen molar-refractivity contribution in [3.05, 3.63) is 53.3 Å². The van der Waals surface area contributed by atoms with Crippen LogP contribution in [0.2, 0.25) is 0 Å². The Morgan fingerprint density at radius 2 is 1.72 bits per heavy atom. The van der Waals surface area contributed by atoms with Gasteiger partial charge in [-0.2, -0.15) is 0 Å². The first-order valence-electron chi connectivity index (χ1n) is 9.51. The highest BCUT2D eigenvalue weighted by atomic mass is 19.1. The van der Waals surface area contributed by atoms with Crippen molar-refractivity contribution in [2.75, 3.05) is 34.4 Å². The number of carboxylic acids is 1. The first-order valence-corrected chi connectivity index (χ1v) is 9.51. The van der Waals surface area contributed by atoms with Crippen LogP contribution in [0, 0.1) is 11.7 Å². The van der Waals surface area contributed by atoms with Gasteiger partial charge < -0.3 is 19.3 Å². The number of rotatable bonds is 7. The van der Waals surface area contributed by atoms with Crippen molar-refractivity contribution in [3.63, 3.8) is 0 Å². The van der Waals surface area contributed by atoms with E-state index >= 15 is 0 Å². The quantitative estimate of drug-likeness (QED) is 0.760. The summed E-state index contributed by atoms with van der Waals surface area (Å²) in [5.74, 6) is 0.184. The molecule has 1 aliphatic rings. The lowest BCUT2D eigenvalue weighted by molar-refractivity contribution is -0.143. The minimum absolute atomic E-state index is 0.367. The predicted octanol–water partition coefficient (Wildman–Crippen LogP) is 3.74. The maximum Gasteiger partial charge on any atom is 0.306 e. The third kappa shape index (κ3) is 4.29. The van der Waals surface area contributed by atoms with Crippen molar-refractivity contribution >= 4 is 5.97 Å². The van der Waals surface area contributed by atoms with Crippen LogP contribution in [-0.2, 0) is 4.79 Å². The van der Waals surface area contributed by atoms with Gasteiger partial charge in [-0.15, -0.1) is 0 Å². The Kier molecular flexibility index (Phi) is 6.59. The van der Waals surface area contributed by atoms with Crippen LogP contribution in [0.1, 0.15) is 30.0 Å². The number of carboxylic acid groups (broad SMARTS) is 1. The number of piperidine rings is 1. The number of para-hydroxylation sites is 1. The van der Waals surface area contributed by atoms with E-state index in [9.17, 15) is 14.3 Å². The second-order valence-electron chi connectivity index (χ2n) is 7.02. The Labute approximate surface area is 169 Å². The molecule has 0 spiro atoms. The van der Waals surface area contributed by atoms with Gasteiger partial charge in [-0.3, -0.25) is 9.69 Å². The molecule has 1 unspecified atom stereocenters. The number of methoxy groups -OCH3 is 3. The molecule has 1 aliphatic heterocycles. The second kappa shape index (κ2) is 9.13. The molecule has 1 saturated heterocycles. The molecular weight excluding hydrogens is 377 g/mol. The summed E-state index contributed by atoms with van der Waals surface area (Å²) >= 11 is 0. The SMILES string of the molecule is COc1ccc(F)cc1C(c1cccc(OC)c1OC)N1CCC(C(=O)O)CC1. The van der Waals surface area contributed by atoms with Gasteiger partial charge in [0, 0.05) is 11.1 Å². The van der Waals surface area contributed by atoms with Crippen LogP contribution in [0.15, 0.2) is 36.4 Å². The van der Waals surface area contributed by atoms with Crippen molar-refractivity contribution in [2.45, 2.75) is 18.9 Å². The van der Waals surface area contributed by atoms with Crippen LogP contribution < -0.4 is 14.2 Å². The van der Waals surface area contributed by atoms with Crippen molar-refractivity contribution < 1.29 is 28.5 Å². The van der Waals surface area contributed by atoms with Crippen molar-refractivity contribution in [2.24, 2.45) is 5.92 Å². The summed E-state index contributed by atoms with van der Waals surface area (Å²) in [6, 6.07) is 9.64. The van der Waals surface area contributed by atoms with E-state index in [0.29, 0.717) is 48.7 Å². The molecule has 3 rings (SSSR count). The molecule has 1 heterocycles. The van der Waals surface area contributed by atoms with Gasteiger partial charge in [-0.05, 0) is 50.2 Å². The van der Waals surface area contributed by atoms with Gasteiger partial charge in [0.05, 0.1) is 33.3 Å². The van der Waals surface area contributed by atoms with Crippen LogP contribution in [0.4, 0.5) is 4.39 Å². The summed E-state index contributed by atoms with van der Waals surface area (Å²) < 4.78 is 30.8. The molecule has 2 aromatic carbocycles. The molecule has 1 atom stereocenters. The Bertz CT molecular complexity index is 864. The molecule has 6 nitrogen and oxygen atoms in total. The number of ether oxygens (including phenoxy) is 3. The Hall–Kier alpha value is -2.80. The summed E-state index contributed by atoms with van der Waals surface area (Å²) in [6.07, 6.45) is 1.05. The number of hydrogen-bond donors (Lipinski definition) is 1. The molecule has 0 amide bonds. The lowest BCUT2D eigenvalue weighted by Gasteiger charge is -2.38. The van der Waals surface area contributed by atoms with E-state index in [1.807, 2.05) is 12.1 Å². The maximum absolute atomic E-state index is 14.2. The number of halogens is 1. The summed E-state index contributed by atoms with van der Waals surface area (Å²) in [7, 11) is 4.68. The van der Waals surface area contributed by atoms with E-state index in [0.717, 1.165) is 5.56 Å². The third-order valence-electron chi connectivity index (χ3n) is 5.46. The van der Waals surface area contributed by atoms with Crippen LogP contribution in [-0.4, -0.2) is 50.4 Å². The molecule has 0 saturated carbocycles. The summed E-state index contributed by atoms with van der Waals surface area (Å²) in [5, 5.41) is 9.34. The number of carbonyl (C=O) groups is 1. The summed E-state index contributed by atoms with van der Waals surface area (Å²) in [6.45, 7) is 1.11. The minimum Gasteiger partial charge on any atom is -0.496 e. The zero-order valence-electron chi connectivity index (χ0n) is 16.9. The normalized spacial score (nSPS) is 16.3. The average molecular weight is 403 g/mol. The van der Waals surface area contributed by atoms with Gasteiger partial charge in [0.25, 0.3) is 0 Å². The van der Waals surface area contributed by atoms with Crippen LogP contribution in [0.5, 0.6) is 17.2 Å². The Morgan fingerprint density at radius 3 is 2.31 bits per heavy atom. The van der Waals surface area contributed by atoms with E-state index in [4.69, 9.17) is 14.2 Å². The second-order valence-corrected chi connectivity index (χ2v) is 7.02. The average Bonchev–Trinajstić information content (AvgIpc) is 2.74. The van der Waals surface area contributed by atoms with Crippen LogP contribution in [0.3, 0.4) is 0 Å². The van der Waals surface area contributed by atoms with E-state index < -0.39 is 5.97 Å². The number of hydrogen-bond acceptors (Lipinski definition) is 5. The molecule has 156 valence electrons.